The third-order valence-electron chi connectivity index (χ3n) is 0.837. The van der Waals surface area contributed by atoms with Crippen molar-refractivity contribution in [2.45, 2.75) is 6.04 Å². The third kappa shape index (κ3) is 2.34. The molecule has 1 N–H and O–H groups in total. The predicted octanol–water partition coefficient (Wildman–Crippen LogP) is -0.169. The summed E-state index contributed by atoms with van der Waals surface area (Å²) in [4.78, 5) is 12.8. The number of ether oxygens (including phenoxy) is 1. The van der Waals surface area contributed by atoms with Gasteiger partial charge < -0.3 is 9.84 Å². The highest BCUT2D eigenvalue weighted by Crippen LogP contribution is 1.92. The number of rotatable bonds is 3. The number of esters is 1. The molecule has 0 heterocycles. The van der Waals surface area contributed by atoms with Gasteiger partial charge in [-0.15, -0.1) is 0 Å². The summed E-state index contributed by atoms with van der Waals surface area (Å²) in [6.07, 6.45) is 0. The molecule has 0 amide bonds. The minimum Gasteiger partial charge on any atom is -0.469 e. The van der Waals surface area contributed by atoms with Crippen molar-refractivity contribution < 1.29 is 14.6 Å². The summed E-state index contributed by atoms with van der Waals surface area (Å²) in [5, 5.41) is 11.4. The molecule has 0 aliphatic heterocycles. The zero-order chi connectivity index (χ0) is 7.98. The molecule has 0 aromatic rings. The van der Waals surface area contributed by atoms with Gasteiger partial charge in [-0.1, -0.05) is 5.11 Å². The highest BCUT2D eigenvalue weighted by molar-refractivity contribution is 5.75. The Balaban J connectivity index is 4.05. The number of nitrogens with zero attached hydrogens (tertiary/aromatic N) is 3. The van der Waals surface area contributed by atoms with Crippen LogP contribution in [0.3, 0.4) is 0 Å². The van der Waals surface area contributed by atoms with Crippen LogP contribution in [-0.2, 0) is 9.53 Å². The molecule has 0 saturated carbocycles. The van der Waals surface area contributed by atoms with Crippen LogP contribution in [-0.4, -0.2) is 30.8 Å². The van der Waals surface area contributed by atoms with E-state index in [-0.39, 0.29) is 0 Å². The molecule has 1 unspecified atom stereocenters. The van der Waals surface area contributed by atoms with E-state index < -0.39 is 18.6 Å². The van der Waals surface area contributed by atoms with Crippen molar-refractivity contribution in [3.05, 3.63) is 10.4 Å². The molecule has 0 saturated heterocycles. The SMILES string of the molecule is COC(=O)C(CO)N=[N+]=[N-]. The van der Waals surface area contributed by atoms with Crippen LogP contribution >= 0.6 is 0 Å². The fourth-order valence-electron chi connectivity index (χ4n) is 0.357. The Kier molecular flexibility index (Phi) is 4.02. The molecule has 1 atom stereocenters. The molecule has 0 aliphatic rings. The molecule has 0 fully saturated rings. The van der Waals surface area contributed by atoms with Crippen molar-refractivity contribution in [1.29, 1.82) is 0 Å². The number of hydrogen-bond acceptors (Lipinski definition) is 4. The van der Waals surface area contributed by atoms with Crippen LogP contribution in [0.5, 0.6) is 0 Å². The Bertz CT molecular complexity index is 163. The molecule has 0 aliphatic carbocycles. The predicted molar refractivity (Wildman–Crippen MR) is 32.0 cm³/mol. The third-order valence-corrected chi connectivity index (χ3v) is 0.837. The molecule has 6 heteroatoms. The van der Waals surface area contributed by atoms with Gasteiger partial charge in [-0.25, -0.2) is 0 Å². The van der Waals surface area contributed by atoms with Crippen LogP contribution in [0.4, 0.5) is 0 Å². The van der Waals surface area contributed by atoms with E-state index in [1.165, 1.54) is 0 Å². The van der Waals surface area contributed by atoms with Gasteiger partial charge in [0.15, 0.2) is 6.04 Å². The van der Waals surface area contributed by atoms with E-state index in [1.807, 2.05) is 0 Å². The first-order chi connectivity index (χ1) is 4.76. The molecule has 56 valence electrons. The summed E-state index contributed by atoms with van der Waals surface area (Å²) in [6, 6.07) is -1.12. The molecule has 0 bridgehead atoms. The summed E-state index contributed by atoms with van der Waals surface area (Å²) in [5.41, 5.74) is 7.85. The summed E-state index contributed by atoms with van der Waals surface area (Å²) < 4.78 is 4.19. The molecule has 6 nitrogen and oxygen atoms in total. The average molecular weight is 145 g/mol. The Morgan fingerprint density at radius 3 is 2.90 bits per heavy atom. The monoisotopic (exact) mass is 145 g/mol. The highest BCUT2D eigenvalue weighted by Gasteiger charge is 2.14. The van der Waals surface area contributed by atoms with E-state index in [4.69, 9.17) is 10.6 Å². The van der Waals surface area contributed by atoms with Crippen LogP contribution in [0.25, 0.3) is 10.4 Å². The maximum Gasteiger partial charge on any atom is 0.316 e. The zero-order valence-electron chi connectivity index (χ0n) is 5.39. The van der Waals surface area contributed by atoms with Crippen LogP contribution in [0.15, 0.2) is 5.11 Å². The molecule has 0 spiro atoms. The minimum atomic E-state index is -1.12. The van der Waals surface area contributed by atoms with Gasteiger partial charge in [-0.05, 0) is 5.53 Å². The number of aliphatic hydroxyl groups excluding tert-OH is 1. The number of hydrogen-bond donors (Lipinski definition) is 1. The molecule has 0 rings (SSSR count). The van der Waals surface area contributed by atoms with Crippen molar-refractivity contribution in [3.8, 4) is 0 Å². The van der Waals surface area contributed by atoms with Crippen LogP contribution in [0.2, 0.25) is 0 Å². The standard InChI is InChI=1S/C4H7N3O3/c1-10-4(9)3(2-8)6-7-5/h3,8H,2H2,1H3. The molecule has 10 heavy (non-hydrogen) atoms. The van der Waals surface area contributed by atoms with E-state index in [0.717, 1.165) is 7.11 Å². The summed E-state index contributed by atoms with van der Waals surface area (Å²) in [5.74, 6) is -0.736. The van der Waals surface area contributed by atoms with Gasteiger partial charge in [0, 0.05) is 4.91 Å². The first-order valence-electron chi connectivity index (χ1n) is 2.49. The first-order valence-corrected chi connectivity index (χ1v) is 2.49. The molecular formula is C4H7N3O3. The Labute approximate surface area is 57.0 Å². The van der Waals surface area contributed by atoms with E-state index in [1.54, 1.807) is 0 Å². The topological polar surface area (TPSA) is 95.3 Å². The molecule has 0 aromatic carbocycles. The van der Waals surface area contributed by atoms with E-state index >= 15 is 0 Å². The normalized spacial score (nSPS) is 11.4. The van der Waals surface area contributed by atoms with Crippen molar-refractivity contribution in [3.63, 3.8) is 0 Å². The lowest BCUT2D eigenvalue weighted by molar-refractivity contribution is -0.143. The largest absolute Gasteiger partial charge is 0.469 e. The Hall–Kier alpha value is -1.26. The number of carbonyl (C=O) groups excluding carboxylic acids is 1. The molecular weight excluding hydrogens is 138 g/mol. The smallest absolute Gasteiger partial charge is 0.316 e. The second-order valence-electron chi connectivity index (χ2n) is 1.43. The van der Waals surface area contributed by atoms with Gasteiger partial charge in [-0.3, -0.25) is 4.79 Å². The summed E-state index contributed by atoms with van der Waals surface area (Å²) in [7, 11) is 1.15. The van der Waals surface area contributed by atoms with E-state index in [2.05, 4.69) is 14.8 Å². The second kappa shape index (κ2) is 4.60. The molecule has 0 radical (unpaired) electrons. The van der Waals surface area contributed by atoms with Crippen molar-refractivity contribution >= 4 is 5.97 Å². The fraction of sp³-hybridized carbons (Fsp3) is 0.750. The lowest BCUT2D eigenvalue weighted by Crippen LogP contribution is -2.23. The lowest BCUT2D eigenvalue weighted by Gasteiger charge is -2.02. The average Bonchev–Trinajstić information content (AvgIpc) is 1.99. The Morgan fingerprint density at radius 1 is 2.00 bits per heavy atom. The van der Waals surface area contributed by atoms with Crippen LogP contribution in [0.1, 0.15) is 0 Å². The van der Waals surface area contributed by atoms with Crippen LogP contribution < -0.4 is 0 Å². The Morgan fingerprint density at radius 2 is 2.60 bits per heavy atom. The van der Waals surface area contributed by atoms with Crippen LogP contribution in [0, 0.1) is 0 Å². The number of aliphatic hydroxyl groups is 1. The fourth-order valence-corrected chi connectivity index (χ4v) is 0.357. The van der Waals surface area contributed by atoms with E-state index in [0.29, 0.717) is 0 Å². The number of carbonyl (C=O) groups is 1. The first kappa shape index (κ1) is 8.74. The summed E-state index contributed by atoms with van der Waals surface area (Å²) >= 11 is 0. The van der Waals surface area contributed by atoms with Gasteiger partial charge in [-0.2, -0.15) is 0 Å². The maximum absolute atomic E-state index is 10.5. The van der Waals surface area contributed by atoms with E-state index in [9.17, 15) is 4.79 Å². The van der Waals surface area contributed by atoms with Crippen molar-refractivity contribution in [2.75, 3.05) is 13.7 Å². The number of azide groups is 1. The number of methoxy groups -OCH3 is 1. The van der Waals surface area contributed by atoms with Crippen molar-refractivity contribution in [1.82, 2.24) is 0 Å². The van der Waals surface area contributed by atoms with Crippen molar-refractivity contribution in [2.24, 2.45) is 5.11 Å². The quantitative estimate of drug-likeness (QED) is 0.258. The van der Waals surface area contributed by atoms with Gasteiger partial charge in [0.25, 0.3) is 0 Å². The van der Waals surface area contributed by atoms with Gasteiger partial charge in [0.2, 0.25) is 0 Å². The second-order valence-corrected chi connectivity index (χ2v) is 1.43. The van der Waals surface area contributed by atoms with Gasteiger partial charge in [0.1, 0.15) is 0 Å². The van der Waals surface area contributed by atoms with Gasteiger partial charge in [0.05, 0.1) is 13.7 Å². The lowest BCUT2D eigenvalue weighted by atomic mass is 10.3. The van der Waals surface area contributed by atoms with Gasteiger partial charge >= 0.3 is 5.97 Å². The zero-order valence-corrected chi connectivity index (χ0v) is 5.39. The summed E-state index contributed by atoms with van der Waals surface area (Å²) in [6.45, 7) is -0.531. The molecule has 0 aromatic heterocycles. The maximum atomic E-state index is 10.5. The highest BCUT2D eigenvalue weighted by atomic mass is 16.5. The minimum absolute atomic E-state index is 0.531.